The van der Waals surface area contributed by atoms with E-state index in [2.05, 4.69) is 15.5 Å². The maximum Gasteiger partial charge on any atom is 0.343 e. The molecule has 0 radical (unpaired) electrons. The largest absolute Gasteiger partial charge is 0.490 e. The number of hydrogen-bond donors (Lipinski definition) is 1. The Morgan fingerprint density at radius 2 is 1.89 bits per heavy atom. The smallest absolute Gasteiger partial charge is 0.343 e. The van der Waals surface area contributed by atoms with Gasteiger partial charge in [0.25, 0.3) is 0 Å². The molecule has 0 spiro atoms. The van der Waals surface area contributed by atoms with Crippen LogP contribution in [0.25, 0.3) is 11.3 Å². The summed E-state index contributed by atoms with van der Waals surface area (Å²) in [4.78, 5) is 17.0. The number of esters is 1. The highest BCUT2D eigenvalue weighted by molar-refractivity contribution is 7.14. The zero-order chi connectivity index (χ0) is 24.8. The molecule has 35 heavy (non-hydrogen) atoms. The second-order valence-corrected chi connectivity index (χ2v) is 9.21. The normalized spacial score (nSPS) is 11.0. The molecule has 4 rings (SSSR count). The van der Waals surface area contributed by atoms with Crippen molar-refractivity contribution in [1.29, 1.82) is 0 Å². The minimum Gasteiger partial charge on any atom is -0.490 e. The Labute approximate surface area is 221 Å². The number of nitrogens with zero attached hydrogens (tertiary/aromatic N) is 2. The second-order valence-electron chi connectivity index (χ2n) is 7.07. The number of halogens is 3. The molecule has 6 nitrogen and oxygen atoms in total. The van der Waals surface area contributed by atoms with Gasteiger partial charge in [-0.2, -0.15) is 5.10 Å². The van der Waals surface area contributed by atoms with E-state index >= 15 is 0 Å². The molecule has 0 fully saturated rings. The first kappa shape index (κ1) is 25.0. The minimum atomic E-state index is -0.531. The number of thiazole rings is 1. The fraction of sp³-hybridized carbons (Fsp3) is 0.0800. The number of hydrazone groups is 1. The van der Waals surface area contributed by atoms with Gasteiger partial charge >= 0.3 is 5.97 Å². The van der Waals surface area contributed by atoms with Crippen molar-refractivity contribution >= 4 is 63.5 Å². The third kappa shape index (κ3) is 6.52. The molecule has 0 unspecified atom stereocenters. The van der Waals surface area contributed by atoms with Crippen LogP contribution >= 0.6 is 46.1 Å². The Kier molecular flexibility index (Phi) is 8.25. The van der Waals surface area contributed by atoms with Gasteiger partial charge in [0.15, 0.2) is 11.5 Å². The molecule has 178 valence electrons. The summed E-state index contributed by atoms with van der Waals surface area (Å²) in [5.41, 5.74) is 5.50. The van der Waals surface area contributed by atoms with E-state index in [1.54, 1.807) is 60.8 Å². The number of hydrogen-bond acceptors (Lipinski definition) is 7. The first-order valence-corrected chi connectivity index (χ1v) is 12.4. The van der Waals surface area contributed by atoms with Crippen LogP contribution in [-0.2, 0) is 0 Å². The maximum absolute atomic E-state index is 12.5. The number of benzene rings is 3. The van der Waals surface area contributed by atoms with E-state index in [9.17, 15) is 4.79 Å². The number of anilines is 1. The fourth-order valence-corrected chi connectivity index (χ4v) is 4.39. The SMILES string of the molecule is CCOc1cc(/C=N\Nc2nc(-c3ccc(Cl)cc3Cl)cs2)ccc1OC(=O)c1cccc(Cl)c1. The third-order valence-corrected chi connectivity index (χ3v) is 6.15. The van der Waals surface area contributed by atoms with Crippen molar-refractivity contribution in [2.75, 3.05) is 12.0 Å². The van der Waals surface area contributed by atoms with Gasteiger partial charge in [-0.05, 0) is 67.1 Å². The number of nitrogens with one attached hydrogen (secondary N) is 1. The molecule has 1 N–H and O–H groups in total. The molecule has 10 heteroatoms. The summed E-state index contributed by atoms with van der Waals surface area (Å²) in [6.07, 6.45) is 1.61. The van der Waals surface area contributed by atoms with Crippen molar-refractivity contribution in [2.24, 2.45) is 5.10 Å². The molecule has 0 aliphatic carbocycles. The summed E-state index contributed by atoms with van der Waals surface area (Å²) in [7, 11) is 0. The Bertz CT molecular complexity index is 1390. The molecule has 0 saturated carbocycles. The lowest BCUT2D eigenvalue weighted by Gasteiger charge is -2.11. The standard InChI is InChI=1S/C25H18Cl3N3O3S/c1-2-33-23-10-15(6-9-22(23)34-24(32)16-4-3-5-17(26)11-16)13-29-31-25-30-21(14-35-25)19-8-7-18(27)12-20(19)28/h3-14H,2H2,1H3,(H,30,31)/b29-13-. The van der Waals surface area contributed by atoms with Crippen LogP contribution in [0.3, 0.4) is 0 Å². The molecule has 1 heterocycles. The zero-order valence-electron chi connectivity index (χ0n) is 18.3. The number of carbonyl (C=O) groups is 1. The quantitative estimate of drug-likeness (QED) is 0.105. The third-order valence-electron chi connectivity index (χ3n) is 4.62. The van der Waals surface area contributed by atoms with E-state index in [-0.39, 0.29) is 0 Å². The van der Waals surface area contributed by atoms with Crippen LogP contribution in [0.5, 0.6) is 11.5 Å². The van der Waals surface area contributed by atoms with Gasteiger partial charge in [-0.1, -0.05) is 40.9 Å². The Morgan fingerprint density at radius 1 is 1.06 bits per heavy atom. The van der Waals surface area contributed by atoms with E-state index in [1.165, 1.54) is 11.3 Å². The molecule has 4 aromatic rings. The van der Waals surface area contributed by atoms with Crippen LogP contribution in [0.4, 0.5) is 5.13 Å². The van der Waals surface area contributed by atoms with Gasteiger partial charge in [-0.3, -0.25) is 5.43 Å². The van der Waals surface area contributed by atoms with Gasteiger partial charge in [-0.15, -0.1) is 11.3 Å². The molecule has 0 bridgehead atoms. The van der Waals surface area contributed by atoms with Crippen molar-refractivity contribution in [2.45, 2.75) is 6.92 Å². The fourth-order valence-electron chi connectivity index (χ4n) is 3.04. The van der Waals surface area contributed by atoms with Crippen molar-refractivity contribution in [1.82, 2.24) is 4.98 Å². The molecule has 1 aromatic heterocycles. The maximum atomic E-state index is 12.5. The van der Waals surface area contributed by atoms with E-state index in [1.807, 2.05) is 18.4 Å². The van der Waals surface area contributed by atoms with Crippen LogP contribution in [0.1, 0.15) is 22.8 Å². The molecular weight excluding hydrogens is 529 g/mol. The summed E-state index contributed by atoms with van der Waals surface area (Å²) in [5.74, 6) is 0.184. The molecule has 0 amide bonds. The van der Waals surface area contributed by atoms with E-state index < -0.39 is 5.97 Å². The Balaban J connectivity index is 1.45. The molecule has 0 atom stereocenters. The van der Waals surface area contributed by atoms with Gasteiger partial charge in [0.1, 0.15) is 0 Å². The molecule has 0 saturated heterocycles. The lowest BCUT2D eigenvalue weighted by Crippen LogP contribution is -2.09. The van der Waals surface area contributed by atoms with Gasteiger partial charge in [0, 0.05) is 21.0 Å². The Morgan fingerprint density at radius 3 is 2.66 bits per heavy atom. The van der Waals surface area contributed by atoms with Crippen LogP contribution < -0.4 is 14.9 Å². The van der Waals surface area contributed by atoms with Crippen molar-refractivity contribution in [3.8, 4) is 22.8 Å². The van der Waals surface area contributed by atoms with Crippen LogP contribution in [0.15, 0.2) is 71.1 Å². The first-order valence-electron chi connectivity index (χ1n) is 10.4. The summed E-state index contributed by atoms with van der Waals surface area (Å²) < 4.78 is 11.2. The molecule has 0 aliphatic heterocycles. The molecule has 0 aliphatic rings. The van der Waals surface area contributed by atoms with Crippen molar-refractivity contribution in [3.63, 3.8) is 0 Å². The van der Waals surface area contributed by atoms with E-state index in [0.717, 1.165) is 16.8 Å². The number of aromatic nitrogens is 1. The number of ether oxygens (including phenoxy) is 2. The van der Waals surface area contributed by atoms with Gasteiger partial charge in [-0.25, -0.2) is 9.78 Å². The lowest BCUT2D eigenvalue weighted by atomic mass is 10.2. The summed E-state index contributed by atoms with van der Waals surface area (Å²) in [5, 5.41) is 8.26. The highest BCUT2D eigenvalue weighted by Gasteiger charge is 2.14. The molecule has 3 aromatic carbocycles. The monoisotopic (exact) mass is 545 g/mol. The average molecular weight is 547 g/mol. The Hall–Kier alpha value is -3.10. The van der Waals surface area contributed by atoms with Gasteiger partial charge in [0.05, 0.1) is 29.1 Å². The van der Waals surface area contributed by atoms with Gasteiger partial charge in [0.2, 0.25) is 5.13 Å². The topological polar surface area (TPSA) is 72.8 Å². The van der Waals surface area contributed by atoms with Gasteiger partial charge < -0.3 is 9.47 Å². The average Bonchev–Trinajstić information content (AvgIpc) is 3.29. The summed E-state index contributed by atoms with van der Waals surface area (Å²) in [6, 6.07) is 16.9. The van der Waals surface area contributed by atoms with Crippen LogP contribution in [-0.4, -0.2) is 23.8 Å². The first-order chi connectivity index (χ1) is 16.9. The van der Waals surface area contributed by atoms with E-state index in [4.69, 9.17) is 44.3 Å². The van der Waals surface area contributed by atoms with Crippen molar-refractivity contribution < 1.29 is 14.3 Å². The van der Waals surface area contributed by atoms with Crippen molar-refractivity contribution in [3.05, 3.63) is 92.2 Å². The highest BCUT2D eigenvalue weighted by atomic mass is 35.5. The second kappa shape index (κ2) is 11.6. The summed E-state index contributed by atoms with van der Waals surface area (Å²) in [6.45, 7) is 2.24. The number of rotatable bonds is 8. The predicted octanol–water partition coefficient (Wildman–Crippen LogP) is 7.83. The minimum absolute atomic E-state index is 0.298. The number of carbonyl (C=O) groups excluding carboxylic acids is 1. The lowest BCUT2D eigenvalue weighted by molar-refractivity contribution is 0.0728. The van der Waals surface area contributed by atoms with E-state index in [0.29, 0.717) is 43.9 Å². The van der Waals surface area contributed by atoms with Crippen LogP contribution in [0.2, 0.25) is 15.1 Å². The molecular formula is C25H18Cl3N3O3S. The summed E-state index contributed by atoms with van der Waals surface area (Å²) >= 11 is 19.6. The van der Waals surface area contributed by atoms with Crippen LogP contribution in [0, 0.1) is 0 Å². The predicted molar refractivity (Wildman–Crippen MR) is 143 cm³/mol. The highest BCUT2D eigenvalue weighted by Crippen LogP contribution is 2.32. The zero-order valence-corrected chi connectivity index (χ0v) is 21.4.